The molecule has 33 heavy (non-hydrogen) atoms. The molecule has 2 aliphatic heterocycles. The van der Waals surface area contributed by atoms with Gasteiger partial charge in [-0.3, -0.25) is 9.59 Å². The first kappa shape index (κ1) is 22.9. The summed E-state index contributed by atoms with van der Waals surface area (Å²) in [5, 5.41) is 11.2. The van der Waals surface area contributed by atoms with Gasteiger partial charge in [-0.1, -0.05) is 12.1 Å². The normalized spacial score (nSPS) is 22.1. The fourth-order valence-corrected chi connectivity index (χ4v) is 4.37. The second-order valence-electron chi connectivity index (χ2n) is 8.05. The summed E-state index contributed by atoms with van der Waals surface area (Å²) in [4.78, 5) is 27.7. The predicted octanol–water partition coefficient (Wildman–Crippen LogP) is 4.08. The van der Waals surface area contributed by atoms with Gasteiger partial charge < -0.3 is 24.2 Å². The van der Waals surface area contributed by atoms with Gasteiger partial charge in [0, 0.05) is 18.7 Å². The monoisotopic (exact) mass is 451 g/mol. The summed E-state index contributed by atoms with van der Waals surface area (Å²) in [5.74, 6) is -0.167. The summed E-state index contributed by atoms with van der Waals surface area (Å²) in [6, 6.07) is 13.4. The molecule has 2 aliphatic rings. The van der Waals surface area contributed by atoms with E-state index in [1.165, 1.54) is 4.90 Å². The second-order valence-corrected chi connectivity index (χ2v) is 8.05. The van der Waals surface area contributed by atoms with Crippen molar-refractivity contribution in [3.8, 4) is 11.5 Å². The molecule has 2 fully saturated rings. The van der Waals surface area contributed by atoms with Crippen molar-refractivity contribution < 1.29 is 28.9 Å². The van der Waals surface area contributed by atoms with Crippen LogP contribution in [-0.4, -0.2) is 54.2 Å². The van der Waals surface area contributed by atoms with Crippen LogP contribution in [0.4, 0.5) is 0 Å². The molecular weight excluding hydrogens is 422 g/mol. The number of ketones is 1. The Balaban J connectivity index is 1.75. The molecule has 7 nitrogen and oxygen atoms in total. The van der Waals surface area contributed by atoms with E-state index in [4.69, 9.17) is 14.2 Å². The van der Waals surface area contributed by atoms with E-state index in [1.807, 2.05) is 38.1 Å². The highest BCUT2D eigenvalue weighted by molar-refractivity contribution is 6.46. The predicted molar refractivity (Wildman–Crippen MR) is 123 cm³/mol. The highest BCUT2D eigenvalue weighted by atomic mass is 16.5. The molecular formula is C26H29NO6. The van der Waals surface area contributed by atoms with Crippen LogP contribution in [0.15, 0.2) is 54.1 Å². The molecule has 2 atom stereocenters. The lowest BCUT2D eigenvalue weighted by atomic mass is 9.95. The molecule has 0 saturated carbocycles. The van der Waals surface area contributed by atoms with Gasteiger partial charge in [0.1, 0.15) is 17.3 Å². The zero-order valence-electron chi connectivity index (χ0n) is 19.0. The van der Waals surface area contributed by atoms with Gasteiger partial charge in [0.2, 0.25) is 0 Å². The maximum Gasteiger partial charge on any atom is 0.295 e. The van der Waals surface area contributed by atoms with Crippen molar-refractivity contribution in [2.24, 2.45) is 0 Å². The van der Waals surface area contributed by atoms with Gasteiger partial charge in [-0.15, -0.1) is 0 Å². The fourth-order valence-electron chi connectivity index (χ4n) is 4.37. The number of aliphatic hydroxyl groups excluding tert-OH is 1. The van der Waals surface area contributed by atoms with Gasteiger partial charge in [0.05, 0.1) is 30.9 Å². The first-order chi connectivity index (χ1) is 16.0. The van der Waals surface area contributed by atoms with Crippen molar-refractivity contribution in [2.45, 2.75) is 38.8 Å². The quantitative estimate of drug-likeness (QED) is 0.370. The molecule has 2 saturated heterocycles. The largest absolute Gasteiger partial charge is 0.507 e. The van der Waals surface area contributed by atoms with Crippen LogP contribution >= 0.6 is 0 Å². The van der Waals surface area contributed by atoms with Crippen LogP contribution in [0.25, 0.3) is 5.76 Å². The van der Waals surface area contributed by atoms with Crippen molar-refractivity contribution in [3.05, 3.63) is 65.2 Å². The molecule has 7 heteroatoms. The van der Waals surface area contributed by atoms with Gasteiger partial charge >= 0.3 is 0 Å². The lowest BCUT2D eigenvalue weighted by Crippen LogP contribution is -2.36. The topological polar surface area (TPSA) is 85.3 Å². The fraction of sp³-hybridized carbons (Fsp3) is 0.385. The summed E-state index contributed by atoms with van der Waals surface area (Å²) in [6.45, 7) is 5.80. The van der Waals surface area contributed by atoms with Gasteiger partial charge in [-0.25, -0.2) is 0 Å². The first-order valence-electron chi connectivity index (χ1n) is 11.4. The van der Waals surface area contributed by atoms with Crippen molar-refractivity contribution in [1.29, 1.82) is 0 Å². The minimum Gasteiger partial charge on any atom is -0.507 e. The van der Waals surface area contributed by atoms with Crippen LogP contribution in [0.1, 0.15) is 43.9 Å². The van der Waals surface area contributed by atoms with Crippen molar-refractivity contribution in [3.63, 3.8) is 0 Å². The third-order valence-electron chi connectivity index (χ3n) is 5.91. The minimum absolute atomic E-state index is 0.0753. The van der Waals surface area contributed by atoms with Crippen LogP contribution in [0.3, 0.4) is 0 Å². The Labute approximate surface area is 193 Å². The number of likely N-dealkylation sites (tertiary alicyclic amines) is 1. The Kier molecular flexibility index (Phi) is 6.99. The summed E-state index contributed by atoms with van der Waals surface area (Å²) < 4.78 is 16.7. The third-order valence-corrected chi connectivity index (χ3v) is 5.91. The lowest BCUT2D eigenvalue weighted by molar-refractivity contribution is -0.140. The van der Waals surface area contributed by atoms with E-state index >= 15 is 0 Å². The molecule has 1 N–H and O–H groups in total. The highest BCUT2D eigenvalue weighted by Crippen LogP contribution is 2.40. The average molecular weight is 452 g/mol. The standard InChI is InChI=1S/C26H29NO6/c1-3-31-19-11-7-17(8-12-19)23-22(24(28)18-9-13-20(14-10-18)32-4-2)25(29)26(30)27(23)16-21-6-5-15-33-21/h7-14,21,23,28H,3-6,15-16H2,1-2H3. The van der Waals surface area contributed by atoms with Crippen molar-refractivity contribution in [1.82, 2.24) is 4.90 Å². The Morgan fingerprint density at radius 3 is 2.15 bits per heavy atom. The van der Waals surface area contributed by atoms with E-state index < -0.39 is 17.7 Å². The Bertz CT molecular complexity index is 1020. The molecule has 2 aromatic rings. The number of benzene rings is 2. The summed E-state index contributed by atoms with van der Waals surface area (Å²) in [6.07, 6.45) is 1.63. The Morgan fingerprint density at radius 1 is 1.00 bits per heavy atom. The number of rotatable bonds is 8. The molecule has 2 aromatic carbocycles. The number of carbonyl (C=O) groups excluding carboxylic acids is 2. The summed E-state index contributed by atoms with van der Waals surface area (Å²) >= 11 is 0. The number of ether oxygens (including phenoxy) is 3. The van der Waals surface area contributed by atoms with Crippen LogP contribution in [0.2, 0.25) is 0 Å². The third kappa shape index (κ3) is 4.73. The number of Topliss-reactive ketones (excluding diaryl/α,β-unsaturated/α-hetero) is 1. The number of nitrogens with zero attached hydrogens (tertiary/aromatic N) is 1. The van der Waals surface area contributed by atoms with E-state index in [0.717, 1.165) is 18.4 Å². The molecule has 0 bridgehead atoms. The number of hydrogen-bond donors (Lipinski definition) is 1. The SMILES string of the molecule is CCOc1ccc(C(O)=C2C(=O)C(=O)N(CC3CCCO3)C2c2ccc(OCC)cc2)cc1. The molecule has 2 heterocycles. The number of aliphatic hydroxyl groups is 1. The molecule has 174 valence electrons. The van der Waals surface area contributed by atoms with Gasteiger partial charge in [-0.2, -0.15) is 0 Å². The van der Waals surface area contributed by atoms with Crippen LogP contribution < -0.4 is 9.47 Å². The summed E-state index contributed by atoms with van der Waals surface area (Å²) in [5.41, 5.74) is 1.25. The van der Waals surface area contributed by atoms with Gasteiger partial charge in [0.25, 0.3) is 11.7 Å². The van der Waals surface area contributed by atoms with Crippen molar-refractivity contribution in [2.75, 3.05) is 26.4 Å². The molecule has 0 aromatic heterocycles. The smallest absolute Gasteiger partial charge is 0.295 e. The minimum atomic E-state index is -0.712. The molecule has 0 radical (unpaired) electrons. The second kappa shape index (κ2) is 10.1. The highest BCUT2D eigenvalue weighted by Gasteiger charge is 2.47. The molecule has 0 spiro atoms. The van der Waals surface area contributed by atoms with Crippen LogP contribution in [-0.2, 0) is 14.3 Å². The zero-order valence-corrected chi connectivity index (χ0v) is 19.0. The molecule has 1 amide bonds. The number of carbonyl (C=O) groups is 2. The number of amides is 1. The summed E-state index contributed by atoms with van der Waals surface area (Å²) in [7, 11) is 0. The molecule has 0 aliphatic carbocycles. The maximum atomic E-state index is 13.1. The van der Waals surface area contributed by atoms with Crippen molar-refractivity contribution >= 4 is 17.4 Å². The molecule has 4 rings (SSSR count). The number of hydrogen-bond acceptors (Lipinski definition) is 6. The van der Waals surface area contributed by atoms with Gasteiger partial charge in [-0.05, 0) is 68.7 Å². The van der Waals surface area contributed by atoms with E-state index in [2.05, 4.69) is 0 Å². The lowest BCUT2D eigenvalue weighted by Gasteiger charge is -2.27. The van der Waals surface area contributed by atoms with Gasteiger partial charge in [0.15, 0.2) is 0 Å². The van der Waals surface area contributed by atoms with E-state index in [9.17, 15) is 14.7 Å². The van der Waals surface area contributed by atoms with E-state index in [0.29, 0.717) is 43.4 Å². The Morgan fingerprint density at radius 2 is 1.61 bits per heavy atom. The van der Waals surface area contributed by atoms with E-state index in [1.54, 1.807) is 24.3 Å². The molecule has 2 unspecified atom stereocenters. The first-order valence-corrected chi connectivity index (χ1v) is 11.4. The van der Waals surface area contributed by atoms with E-state index in [-0.39, 0.29) is 17.4 Å². The van der Waals surface area contributed by atoms with Crippen LogP contribution in [0.5, 0.6) is 11.5 Å². The zero-order chi connectivity index (χ0) is 23.4. The maximum absolute atomic E-state index is 13.1. The average Bonchev–Trinajstić information content (AvgIpc) is 3.43. The van der Waals surface area contributed by atoms with Crippen LogP contribution in [0, 0.1) is 0 Å². The Hall–Kier alpha value is -3.32.